The number of rotatable bonds is 7. The highest BCUT2D eigenvalue weighted by Crippen LogP contribution is 2.21. The van der Waals surface area contributed by atoms with Gasteiger partial charge in [-0.05, 0) is 60.9 Å². The van der Waals surface area contributed by atoms with Crippen LogP contribution in [0.2, 0.25) is 0 Å². The van der Waals surface area contributed by atoms with Gasteiger partial charge in [0.1, 0.15) is 11.4 Å². The van der Waals surface area contributed by atoms with Crippen molar-refractivity contribution in [2.24, 2.45) is 0 Å². The molecule has 0 spiro atoms. The number of aryl methyl sites for hydroxylation is 1. The molecular weight excluding hydrogens is 464 g/mol. The summed E-state index contributed by atoms with van der Waals surface area (Å²) >= 11 is 0. The second-order valence-electron chi connectivity index (χ2n) is 8.30. The van der Waals surface area contributed by atoms with Crippen molar-refractivity contribution in [2.75, 3.05) is 7.11 Å². The number of ether oxygens (including phenoxy) is 1. The van der Waals surface area contributed by atoms with E-state index in [1.165, 1.54) is 24.4 Å². The number of carbonyl (C=O) groups is 2. The quantitative estimate of drug-likeness (QED) is 0.363. The minimum absolute atomic E-state index is 0.0290. The van der Waals surface area contributed by atoms with Crippen molar-refractivity contribution in [1.29, 1.82) is 0 Å². The van der Waals surface area contributed by atoms with Crippen molar-refractivity contribution in [1.82, 2.24) is 19.9 Å². The monoisotopic (exact) mass is 488 g/mol. The number of hydrogen-bond donors (Lipinski definition) is 3. The summed E-state index contributed by atoms with van der Waals surface area (Å²) < 4.78 is 6.17. The van der Waals surface area contributed by atoms with E-state index in [4.69, 9.17) is 4.74 Å². The highest BCUT2D eigenvalue weighted by molar-refractivity contribution is 5.95. The molecule has 4 rings (SSSR count). The number of benzene rings is 2. The fraction of sp³-hybridized carbons (Fsp3) is 0.192. The summed E-state index contributed by atoms with van der Waals surface area (Å²) in [6, 6.07) is 12.4. The zero-order chi connectivity index (χ0) is 26.0. The fourth-order valence-electron chi connectivity index (χ4n) is 4.04. The van der Waals surface area contributed by atoms with Crippen LogP contribution in [0.15, 0.2) is 64.3 Å². The molecule has 0 fully saturated rings. The number of nitrogens with one attached hydrogen (secondary N) is 2. The van der Waals surface area contributed by atoms with E-state index < -0.39 is 29.2 Å². The number of aromatic amines is 1. The molecule has 2 heterocycles. The number of H-pyrrole nitrogens is 1. The molecule has 0 aliphatic rings. The van der Waals surface area contributed by atoms with Gasteiger partial charge in [-0.1, -0.05) is 18.2 Å². The van der Waals surface area contributed by atoms with Crippen molar-refractivity contribution >= 4 is 22.8 Å². The first-order chi connectivity index (χ1) is 17.2. The number of pyridine rings is 1. The van der Waals surface area contributed by atoms with Gasteiger partial charge in [0.25, 0.3) is 11.5 Å². The molecule has 0 saturated heterocycles. The standard InChI is InChI=1S/C26H24N4O6/c1-14-10-17(25(33)34)6-9-19(14)15(2)30-24(32)20-11-21(27-13-22(20)29-26(30)35)23(31)28-12-16-4-7-18(36-3)8-5-16/h4-11,13,15H,12H2,1-3H3,(H,28,31)(H,29,35)(H,33,34). The Morgan fingerprint density at radius 3 is 2.50 bits per heavy atom. The van der Waals surface area contributed by atoms with Crippen LogP contribution < -0.4 is 21.3 Å². The lowest BCUT2D eigenvalue weighted by atomic mass is 9.99. The Balaban J connectivity index is 1.65. The largest absolute Gasteiger partial charge is 0.497 e. The van der Waals surface area contributed by atoms with E-state index in [2.05, 4.69) is 15.3 Å². The molecule has 2 aromatic carbocycles. The normalized spacial score (nSPS) is 11.8. The number of carboxylic acids is 1. The van der Waals surface area contributed by atoms with E-state index in [-0.39, 0.29) is 28.7 Å². The van der Waals surface area contributed by atoms with Crippen LogP contribution in [0, 0.1) is 6.92 Å². The van der Waals surface area contributed by atoms with Crippen molar-refractivity contribution in [3.63, 3.8) is 0 Å². The maximum atomic E-state index is 13.3. The Kier molecular flexibility index (Phi) is 6.69. The number of carboxylic acid groups (broad SMARTS) is 1. The third-order valence-electron chi connectivity index (χ3n) is 6.01. The number of hydrogen-bond acceptors (Lipinski definition) is 6. The first-order valence-electron chi connectivity index (χ1n) is 11.1. The molecule has 0 aliphatic heterocycles. The maximum Gasteiger partial charge on any atom is 0.335 e. The van der Waals surface area contributed by atoms with Crippen LogP contribution in [-0.2, 0) is 6.54 Å². The second-order valence-corrected chi connectivity index (χ2v) is 8.30. The fourth-order valence-corrected chi connectivity index (χ4v) is 4.04. The van der Waals surface area contributed by atoms with Crippen molar-refractivity contribution in [2.45, 2.75) is 26.4 Å². The number of fused-ring (bicyclic) bond motifs is 1. The third-order valence-corrected chi connectivity index (χ3v) is 6.01. The Bertz CT molecular complexity index is 1590. The van der Waals surface area contributed by atoms with Crippen molar-refractivity contribution < 1.29 is 19.4 Å². The zero-order valence-corrected chi connectivity index (χ0v) is 19.9. The summed E-state index contributed by atoms with van der Waals surface area (Å²) in [5.41, 5.74) is 1.23. The number of aromatic carboxylic acids is 1. The molecule has 10 nitrogen and oxygen atoms in total. The molecule has 2 aromatic heterocycles. The summed E-state index contributed by atoms with van der Waals surface area (Å²) in [7, 11) is 1.57. The Morgan fingerprint density at radius 2 is 1.86 bits per heavy atom. The highest BCUT2D eigenvalue weighted by Gasteiger charge is 2.19. The van der Waals surface area contributed by atoms with Crippen molar-refractivity contribution in [3.05, 3.63) is 104 Å². The Morgan fingerprint density at radius 1 is 1.14 bits per heavy atom. The number of nitrogens with zero attached hydrogens (tertiary/aromatic N) is 2. The average Bonchev–Trinajstić information content (AvgIpc) is 2.87. The molecule has 0 bridgehead atoms. The van der Waals surface area contributed by atoms with Crippen LogP contribution in [-0.4, -0.2) is 38.6 Å². The number of carbonyl (C=O) groups excluding carboxylic acids is 1. The lowest BCUT2D eigenvalue weighted by Crippen LogP contribution is -2.38. The molecule has 184 valence electrons. The molecule has 0 saturated carbocycles. The molecular formula is C26H24N4O6. The van der Waals surface area contributed by atoms with Gasteiger partial charge in [-0.2, -0.15) is 0 Å². The van der Waals surface area contributed by atoms with Gasteiger partial charge in [0.05, 0.1) is 35.8 Å². The van der Waals surface area contributed by atoms with E-state index in [0.29, 0.717) is 16.9 Å². The van der Waals surface area contributed by atoms with Gasteiger partial charge in [-0.25, -0.2) is 14.6 Å². The lowest BCUT2D eigenvalue weighted by molar-refractivity contribution is 0.0696. The van der Waals surface area contributed by atoms with Gasteiger partial charge in [0, 0.05) is 6.54 Å². The van der Waals surface area contributed by atoms with Crippen LogP contribution in [0.25, 0.3) is 10.9 Å². The number of amides is 1. The zero-order valence-electron chi connectivity index (χ0n) is 19.9. The van der Waals surface area contributed by atoms with E-state index in [1.54, 1.807) is 39.2 Å². The van der Waals surface area contributed by atoms with E-state index >= 15 is 0 Å². The van der Waals surface area contributed by atoms with E-state index in [9.17, 15) is 24.3 Å². The topological polar surface area (TPSA) is 143 Å². The summed E-state index contributed by atoms with van der Waals surface area (Å²) in [4.78, 5) is 56.8. The van der Waals surface area contributed by atoms with Crippen LogP contribution in [0.5, 0.6) is 5.75 Å². The predicted molar refractivity (Wildman–Crippen MR) is 133 cm³/mol. The maximum absolute atomic E-state index is 13.3. The smallest absolute Gasteiger partial charge is 0.335 e. The lowest BCUT2D eigenvalue weighted by Gasteiger charge is -2.18. The first-order valence-corrected chi connectivity index (χ1v) is 11.1. The van der Waals surface area contributed by atoms with Crippen LogP contribution in [0.4, 0.5) is 0 Å². The Hall–Kier alpha value is -4.73. The number of aromatic nitrogens is 3. The van der Waals surface area contributed by atoms with Gasteiger partial charge >= 0.3 is 11.7 Å². The second kappa shape index (κ2) is 9.87. The van der Waals surface area contributed by atoms with E-state index in [1.807, 2.05) is 12.1 Å². The molecule has 10 heteroatoms. The van der Waals surface area contributed by atoms with Gasteiger partial charge in [-0.3, -0.25) is 14.2 Å². The summed E-state index contributed by atoms with van der Waals surface area (Å²) in [5.74, 6) is -0.838. The first kappa shape index (κ1) is 24.4. The molecule has 0 aliphatic carbocycles. The molecule has 3 N–H and O–H groups in total. The predicted octanol–water partition coefficient (Wildman–Crippen LogP) is 2.64. The third kappa shape index (κ3) is 4.74. The van der Waals surface area contributed by atoms with Gasteiger partial charge in [-0.15, -0.1) is 0 Å². The minimum atomic E-state index is -1.07. The van der Waals surface area contributed by atoms with E-state index in [0.717, 1.165) is 10.1 Å². The molecule has 0 radical (unpaired) electrons. The van der Waals surface area contributed by atoms with Gasteiger partial charge in [0.2, 0.25) is 0 Å². The van der Waals surface area contributed by atoms with Crippen LogP contribution in [0.1, 0.15) is 50.5 Å². The molecule has 1 amide bonds. The molecule has 1 atom stereocenters. The van der Waals surface area contributed by atoms with Crippen LogP contribution in [0.3, 0.4) is 0 Å². The number of methoxy groups -OCH3 is 1. The molecule has 4 aromatic rings. The summed E-state index contributed by atoms with van der Waals surface area (Å²) in [6.07, 6.45) is 1.28. The van der Waals surface area contributed by atoms with Crippen molar-refractivity contribution in [3.8, 4) is 5.75 Å². The Labute approximate surface area is 205 Å². The van der Waals surface area contributed by atoms with Crippen LogP contribution >= 0.6 is 0 Å². The average molecular weight is 489 g/mol. The molecule has 36 heavy (non-hydrogen) atoms. The summed E-state index contributed by atoms with van der Waals surface area (Å²) in [5, 5.41) is 12.1. The van der Waals surface area contributed by atoms with Gasteiger partial charge in [0.15, 0.2) is 0 Å². The minimum Gasteiger partial charge on any atom is -0.497 e. The van der Waals surface area contributed by atoms with Gasteiger partial charge < -0.3 is 20.1 Å². The SMILES string of the molecule is COc1ccc(CNC(=O)c2cc3c(=O)n(C(C)c4ccc(C(=O)O)cc4C)c(=O)[nH]c3cn2)cc1. The molecule has 1 unspecified atom stereocenters. The highest BCUT2D eigenvalue weighted by atomic mass is 16.5. The summed E-state index contributed by atoms with van der Waals surface area (Å²) in [6.45, 7) is 3.64.